The van der Waals surface area contributed by atoms with Crippen LogP contribution in [-0.4, -0.2) is 4.98 Å². The van der Waals surface area contributed by atoms with Crippen LogP contribution in [0.1, 0.15) is 0 Å². The summed E-state index contributed by atoms with van der Waals surface area (Å²) in [6, 6.07) is 12.7. The number of aromatic nitrogens is 1. The second-order valence-electron chi connectivity index (χ2n) is 3.89. The highest BCUT2D eigenvalue weighted by atomic mass is 32.2. The maximum Gasteiger partial charge on any atom is 0.0824 e. The first-order valence-corrected chi connectivity index (χ1v) is 7.01. The first-order chi connectivity index (χ1) is 8.40. The van der Waals surface area contributed by atoms with Crippen LogP contribution < -0.4 is 5.32 Å². The largest absolute Gasteiger partial charge is 0.354 e. The van der Waals surface area contributed by atoms with Crippen molar-refractivity contribution in [2.45, 2.75) is 9.79 Å². The minimum Gasteiger partial charge on any atom is -0.354 e. The van der Waals surface area contributed by atoms with Gasteiger partial charge in [-0.3, -0.25) is 0 Å². The molecular formula is C13H8N2S2. The van der Waals surface area contributed by atoms with Gasteiger partial charge in [0.25, 0.3) is 0 Å². The summed E-state index contributed by atoms with van der Waals surface area (Å²) in [5.74, 6) is 0. The van der Waals surface area contributed by atoms with E-state index >= 15 is 0 Å². The van der Waals surface area contributed by atoms with Gasteiger partial charge in [0, 0.05) is 9.79 Å². The first kappa shape index (κ1) is 9.50. The van der Waals surface area contributed by atoms with Gasteiger partial charge in [0.1, 0.15) is 0 Å². The summed E-state index contributed by atoms with van der Waals surface area (Å²) >= 11 is 3.48. The van der Waals surface area contributed by atoms with E-state index in [-0.39, 0.29) is 0 Å². The Balaban J connectivity index is 1.93. The molecule has 2 heterocycles. The molecule has 1 aromatic heterocycles. The molecule has 2 nitrogen and oxygen atoms in total. The molecule has 0 unspecified atom stereocenters. The molecule has 1 N–H and O–H groups in total. The maximum atomic E-state index is 4.36. The molecule has 0 amide bonds. The lowest BCUT2D eigenvalue weighted by atomic mass is 10.2. The Morgan fingerprint density at radius 2 is 1.94 bits per heavy atom. The summed E-state index contributed by atoms with van der Waals surface area (Å²) in [7, 11) is 0. The Morgan fingerprint density at radius 1 is 1.00 bits per heavy atom. The molecule has 1 aliphatic rings. The lowest BCUT2D eigenvalue weighted by Crippen LogP contribution is -1.98. The Kier molecular flexibility index (Phi) is 1.95. The average molecular weight is 256 g/mol. The number of rotatable bonds is 0. The molecular weight excluding hydrogens is 248 g/mol. The third-order valence-corrected chi connectivity index (χ3v) is 4.73. The summed E-state index contributed by atoms with van der Waals surface area (Å²) < 4.78 is 1.23. The van der Waals surface area contributed by atoms with Gasteiger partial charge < -0.3 is 5.32 Å². The fourth-order valence-electron chi connectivity index (χ4n) is 1.99. The Hall–Kier alpha value is -1.52. The van der Waals surface area contributed by atoms with E-state index < -0.39 is 0 Å². The molecule has 0 bridgehead atoms. The van der Waals surface area contributed by atoms with Crippen molar-refractivity contribution in [3.8, 4) is 0 Å². The average Bonchev–Trinajstić information content (AvgIpc) is 2.80. The van der Waals surface area contributed by atoms with Crippen molar-refractivity contribution in [1.82, 2.24) is 4.98 Å². The number of para-hydroxylation sites is 1. The normalized spacial score (nSPS) is 12.9. The third-order valence-electron chi connectivity index (χ3n) is 2.81. The molecule has 4 rings (SSSR count). The fourth-order valence-corrected chi connectivity index (χ4v) is 3.69. The molecule has 82 valence electrons. The fraction of sp³-hybridized carbons (Fsp3) is 0. The molecule has 0 saturated carbocycles. The van der Waals surface area contributed by atoms with Crippen LogP contribution in [0.25, 0.3) is 10.2 Å². The highest BCUT2D eigenvalue weighted by molar-refractivity contribution is 7.99. The van der Waals surface area contributed by atoms with Crippen LogP contribution in [0, 0.1) is 0 Å². The van der Waals surface area contributed by atoms with Crippen LogP contribution in [0.3, 0.4) is 0 Å². The highest BCUT2D eigenvalue weighted by Gasteiger charge is 2.16. The van der Waals surface area contributed by atoms with Gasteiger partial charge in [0.05, 0.1) is 27.1 Å². The summed E-state index contributed by atoms with van der Waals surface area (Å²) in [5, 5.41) is 3.48. The van der Waals surface area contributed by atoms with Crippen molar-refractivity contribution in [1.29, 1.82) is 0 Å². The van der Waals surface area contributed by atoms with Crippen LogP contribution in [0.15, 0.2) is 51.7 Å². The number of benzene rings is 2. The van der Waals surface area contributed by atoms with E-state index in [2.05, 4.69) is 46.7 Å². The summed E-state index contributed by atoms with van der Waals surface area (Å²) in [5.41, 5.74) is 5.36. The minimum atomic E-state index is 1.09. The minimum absolute atomic E-state index is 1.09. The predicted molar refractivity (Wildman–Crippen MR) is 73.5 cm³/mol. The van der Waals surface area contributed by atoms with Gasteiger partial charge in [-0.15, -0.1) is 11.3 Å². The first-order valence-electron chi connectivity index (χ1n) is 5.31. The quantitative estimate of drug-likeness (QED) is 0.501. The van der Waals surface area contributed by atoms with Crippen LogP contribution >= 0.6 is 23.1 Å². The zero-order valence-electron chi connectivity index (χ0n) is 8.81. The van der Waals surface area contributed by atoms with E-state index in [9.17, 15) is 0 Å². The second-order valence-corrected chi connectivity index (χ2v) is 5.86. The van der Waals surface area contributed by atoms with Gasteiger partial charge in [-0.25, -0.2) is 4.98 Å². The van der Waals surface area contributed by atoms with E-state index in [0.717, 1.165) is 5.52 Å². The second kappa shape index (κ2) is 3.48. The molecule has 3 aromatic rings. The van der Waals surface area contributed by atoms with Crippen LogP contribution in [0.5, 0.6) is 0 Å². The predicted octanol–water partition coefficient (Wildman–Crippen LogP) is 4.50. The van der Waals surface area contributed by atoms with Crippen LogP contribution in [0.2, 0.25) is 0 Å². The smallest absolute Gasteiger partial charge is 0.0824 e. The Morgan fingerprint density at radius 3 is 2.94 bits per heavy atom. The Labute approximate surface area is 107 Å². The van der Waals surface area contributed by atoms with E-state index in [1.54, 1.807) is 23.1 Å². The van der Waals surface area contributed by atoms with E-state index in [4.69, 9.17) is 0 Å². The van der Waals surface area contributed by atoms with Crippen molar-refractivity contribution >= 4 is 44.7 Å². The molecule has 0 fully saturated rings. The van der Waals surface area contributed by atoms with Crippen molar-refractivity contribution < 1.29 is 0 Å². The number of hydrogen-bond donors (Lipinski definition) is 1. The molecule has 0 spiro atoms. The molecule has 17 heavy (non-hydrogen) atoms. The third kappa shape index (κ3) is 1.45. The van der Waals surface area contributed by atoms with Gasteiger partial charge in [0.2, 0.25) is 0 Å². The summed E-state index contributed by atoms with van der Waals surface area (Å²) in [4.78, 5) is 6.88. The van der Waals surface area contributed by atoms with Crippen molar-refractivity contribution in [2.24, 2.45) is 0 Å². The SMILES string of the molecule is c1ccc2c(c1)Nc1cc3scnc3cc1S2. The zero-order valence-corrected chi connectivity index (χ0v) is 10.4. The van der Waals surface area contributed by atoms with Crippen molar-refractivity contribution in [3.63, 3.8) is 0 Å². The van der Waals surface area contributed by atoms with E-state index in [1.807, 2.05) is 5.51 Å². The Bertz CT molecular complexity index is 659. The zero-order chi connectivity index (χ0) is 11.2. The number of nitrogens with one attached hydrogen (secondary N) is 1. The van der Waals surface area contributed by atoms with Crippen molar-refractivity contribution in [3.05, 3.63) is 41.9 Å². The molecule has 2 aromatic carbocycles. The van der Waals surface area contributed by atoms with E-state index in [1.165, 1.54) is 25.9 Å². The topological polar surface area (TPSA) is 24.9 Å². The van der Waals surface area contributed by atoms with Gasteiger partial charge in [0.15, 0.2) is 0 Å². The van der Waals surface area contributed by atoms with Crippen molar-refractivity contribution in [2.75, 3.05) is 5.32 Å². The van der Waals surface area contributed by atoms with Gasteiger partial charge in [-0.1, -0.05) is 23.9 Å². The maximum absolute atomic E-state index is 4.36. The lowest BCUT2D eigenvalue weighted by molar-refractivity contribution is 1.32. The van der Waals surface area contributed by atoms with Crippen LogP contribution in [-0.2, 0) is 0 Å². The van der Waals surface area contributed by atoms with Gasteiger partial charge in [-0.05, 0) is 24.3 Å². The molecule has 0 radical (unpaired) electrons. The number of hydrogen-bond acceptors (Lipinski definition) is 4. The van der Waals surface area contributed by atoms with Gasteiger partial charge >= 0.3 is 0 Å². The number of anilines is 2. The summed E-state index contributed by atoms with van der Waals surface area (Å²) in [6.07, 6.45) is 0. The molecule has 0 saturated heterocycles. The highest BCUT2D eigenvalue weighted by Crippen LogP contribution is 2.45. The molecule has 4 heteroatoms. The standard InChI is InChI=1S/C13H8N2S2/c1-2-4-11-8(3-1)15-10-6-12-9(14-7-16-12)5-13(10)17-11/h1-7,15H. The van der Waals surface area contributed by atoms with Crippen LogP contribution in [0.4, 0.5) is 11.4 Å². The summed E-state index contributed by atoms with van der Waals surface area (Å²) in [6.45, 7) is 0. The van der Waals surface area contributed by atoms with E-state index in [0.29, 0.717) is 0 Å². The monoisotopic (exact) mass is 256 g/mol. The van der Waals surface area contributed by atoms with Gasteiger partial charge in [-0.2, -0.15) is 0 Å². The molecule has 0 aliphatic carbocycles. The molecule has 1 aliphatic heterocycles. The number of fused-ring (bicyclic) bond motifs is 3. The number of nitrogens with zero attached hydrogens (tertiary/aromatic N) is 1. The number of thiazole rings is 1. The lowest BCUT2D eigenvalue weighted by Gasteiger charge is -2.20. The molecule has 0 atom stereocenters.